The number of rotatable bonds is 6. The van der Waals surface area contributed by atoms with Crippen LogP contribution in [0.1, 0.15) is 13.8 Å². The van der Waals surface area contributed by atoms with Crippen LogP contribution in [0.25, 0.3) is 0 Å². The van der Waals surface area contributed by atoms with Gasteiger partial charge in [0.2, 0.25) is 0 Å². The zero-order chi connectivity index (χ0) is 19.8. The van der Waals surface area contributed by atoms with E-state index in [9.17, 15) is 0 Å². The molecule has 0 fully saturated rings. The molecule has 0 saturated carbocycles. The molecule has 2 rings (SSSR count). The van der Waals surface area contributed by atoms with Crippen LogP contribution < -0.4 is 26.8 Å². The minimum absolute atomic E-state index is 0.574. The van der Waals surface area contributed by atoms with E-state index in [0.717, 1.165) is 22.8 Å². The second-order valence-corrected chi connectivity index (χ2v) is 5.09. The van der Waals surface area contributed by atoms with E-state index in [2.05, 4.69) is 5.32 Å². The van der Waals surface area contributed by atoms with Crippen molar-refractivity contribution >= 4 is 17.1 Å². The summed E-state index contributed by atoms with van der Waals surface area (Å²) in [5.74, 6) is 0.850. The van der Waals surface area contributed by atoms with Gasteiger partial charge >= 0.3 is 0 Å². The first-order chi connectivity index (χ1) is 12.6. The third kappa shape index (κ3) is 10.2. The van der Waals surface area contributed by atoms with Gasteiger partial charge in [0.05, 0.1) is 27.0 Å². The lowest BCUT2D eigenvalue weighted by Crippen LogP contribution is -2.72. The van der Waals surface area contributed by atoms with Crippen LogP contribution in [0, 0.1) is 0 Å². The van der Waals surface area contributed by atoms with E-state index < -0.39 is 0 Å². The van der Waals surface area contributed by atoms with Gasteiger partial charge < -0.3 is 31.7 Å². The molecular formula is C20H34N5O+. The molecule has 0 radical (unpaired) electrons. The van der Waals surface area contributed by atoms with Crippen LogP contribution in [-0.4, -0.2) is 32.8 Å². The molecule has 6 nitrogen and oxygen atoms in total. The van der Waals surface area contributed by atoms with Crippen molar-refractivity contribution in [3.8, 4) is 5.75 Å². The second-order valence-electron chi connectivity index (χ2n) is 5.09. The van der Waals surface area contributed by atoms with Crippen LogP contribution in [0.2, 0.25) is 0 Å². The Balaban J connectivity index is 0.000000533. The standard InChI is InChI=1S/C13H14N2O.C5H13N3.C2H6/c1-16-13-8-6-12(7-9-13)15-11-4-2-10(14)3-5-11;1-7-3-4-8(2)5-6;1-2/h2-9,15H,14H2,1H3;3-4,7H,5-6H2,1-2H3;1-2H3/p+1/b;4-3-;. The Morgan fingerprint density at radius 3 is 1.96 bits per heavy atom. The van der Waals surface area contributed by atoms with E-state index in [1.54, 1.807) is 7.11 Å². The summed E-state index contributed by atoms with van der Waals surface area (Å²) >= 11 is 0. The van der Waals surface area contributed by atoms with Crippen molar-refractivity contribution < 1.29 is 10.1 Å². The van der Waals surface area contributed by atoms with Gasteiger partial charge in [0.1, 0.15) is 11.9 Å². The molecule has 2 aromatic rings. The predicted octanol–water partition coefficient (Wildman–Crippen LogP) is 2.55. The maximum Gasteiger partial charge on any atom is 0.119 e. The Kier molecular flexibility index (Phi) is 13.1. The molecule has 0 aliphatic heterocycles. The first-order valence-electron chi connectivity index (χ1n) is 8.72. The number of anilines is 3. The fourth-order valence-electron chi connectivity index (χ4n) is 1.70. The summed E-state index contributed by atoms with van der Waals surface area (Å²) in [6.45, 7) is 4.57. The van der Waals surface area contributed by atoms with Crippen molar-refractivity contribution in [2.75, 3.05) is 38.9 Å². The Morgan fingerprint density at radius 1 is 1.04 bits per heavy atom. The van der Waals surface area contributed by atoms with Crippen LogP contribution >= 0.6 is 0 Å². The van der Waals surface area contributed by atoms with Crippen LogP contribution in [0.4, 0.5) is 17.1 Å². The van der Waals surface area contributed by atoms with Crippen LogP contribution in [0.15, 0.2) is 60.9 Å². The van der Waals surface area contributed by atoms with Gasteiger partial charge in [0.25, 0.3) is 0 Å². The summed E-state index contributed by atoms with van der Waals surface area (Å²) in [5.41, 5.74) is 13.7. The molecule has 0 amide bonds. The van der Waals surface area contributed by atoms with Gasteiger partial charge in [0.15, 0.2) is 0 Å². The lowest BCUT2D eigenvalue weighted by molar-refractivity contribution is -0.557. The van der Waals surface area contributed by atoms with E-state index in [4.69, 9.17) is 16.2 Å². The SMILES string of the molecule is CC.COc1ccc(Nc2ccc(N)cc2)cc1.C[NH2+]/C=C\N(C)CN. The van der Waals surface area contributed by atoms with Gasteiger partial charge in [-0.1, -0.05) is 13.8 Å². The van der Waals surface area contributed by atoms with E-state index in [-0.39, 0.29) is 0 Å². The van der Waals surface area contributed by atoms with E-state index in [1.165, 1.54) is 0 Å². The molecule has 0 bridgehead atoms. The predicted molar refractivity (Wildman–Crippen MR) is 112 cm³/mol. The number of nitrogens with zero attached hydrogens (tertiary/aromatic N) is 1. The summed E-state index contributed by atoms with van der Waals surface area (Å²) in [4.78, 5) is 1.90. The molecule has 0 aliphatic carbocycles. The Hall–Kier alpha value is -2.70. The number of benzene rings is 2. The highest BCUT2D eigenvalue weighted by atomic mass is 16.5. The molecule has 0 unspecified atom stereocenters. The van der Waals surface area contributed by atoms with Gasteiger partial charge in [-0.05, 0) is 48.5 Å². The number of hydrogen-bond acceptors (Lipinski definition) is 5. The fraction of sp³-hybridized carbons (Fsp3) is 0.300. The topological polar surface area (TPSA) is 93.1 Å². The zero-order valence-corrected chi connectivity index (χ0v) is 16.6. The highest BCUT2D eigenvalue weighted by molar-refractivity contribution is 5.62. The Labute approximate surface area is 157 Å². The van der Waals surface area contributed by atoms with E-state index in [1.807, 2.05) is 99.1 Å². The third-order valence-electron chi connectivity index (χ3n) is 3.11. The van der Waals surface area contributed by atoms with Gasteiger partial charge in [-0.2, -0.15) is 0 Å². The summed E-state index contributed by atoms with van der Waals surface area (Å²) < 4.78 is 5.09. The highest BCUT2D eigenvalue weighted by Gasteiger charge is 1.95. The largest absolute Gasteiger partial charge is 0.497 e. The molecule has 0 spiro atoms. The van der Waals surface area contributed by atoms with Crippen molar-refractivity contribution in [1.29, 1.82) is 0 Å². The molecular weight excluding hydrogens is 326 g/mol. The van der Waals surface area contributed by atoms with E-state index in [0.29, 0.717) is 6.67 Å². The van der Waals surface area contributed by atoms with E-state index >= 15 is 0 Å². The minimum atomic E-state index is 0.574. The second kappa shape index (κ2) is 14.6. The first-order valence-corrected chi connectivity index (χ1v) is 8.72. The maximum absolute atomic E-state index is 5.61. The number of methoxy groups -OCH3 is 1. The molecule has 6 heteroatoms. The lowest BCUT2D eigenvalue weighted by atomic mass is 10.2. The number of nitrogen functional groups attached to an aromatic ring is 1. The normalized spacial score (nSPS) is 9.46. The number of ether oxygens (including phenoxy) is 1. The number of quaternary nitrogens is 1. The zero-order valence-electron chi connectivity index (χ0n) is 16.6. The molecule has 0 aromatic heterocycles. The minimum Gasteiger partial charge on any atom is -0.497 e. The molecule has 0 aliphatic rings. The maximum atomic E-state index is 5.61. The van der Waals surface area contributed by atoms with Crippen LogP contribution in [0.5, 0.6) is 5.75 Å². The molecule has 7 N–H and O–H groups in total. The third-order valence-corrected chi connectivity index (χ3v) is 3.11. The molecule has 0 heterocycles. The fourth-order valence-corrected chi connectivity index (χ4v) is 1.70. The average molecular weight is 361 g/mol. The van der Waals surface area contributed by atoms with Gasteiger partial charge in [0, 0.05) is 24.1 Å². The smallest absolute Gasteiger partial charge is 0.119 e. The highest BCUT2D eigenvalue weighted by Crippen LogP contribution is 2.20. The molecule has 0 atom stereocenters. The Morgan fingerprint density at radius 2 is 1.54 bits per heavy atom. The summed E-state index contributed by atoms with van der Waals surface area (Å²) in [5, 5.41) is 5.24. The molecule has 144 valence electrons. The van der Waals surface area contributed by atoms with Crippen LogP contribution in [-0.2, 0) is 0 Å². The summed E-state index contributed by atoms with van der Waals surface area (Å²) in [6.07, 6.45) is 3.88. The van der Waals surface area contributed by atoms with Crippen molar-refractivity contribution in [2.24, 2.45) is 5.73 Å². The number of hydrogen-bond donors (Lipinski definition) is 4. The summed E-state index contributed by atoms with van der Waals surface area (Å²) in [7, 11) is 5.56. The van der Waals surface area contributed by atoms with Gasteiger partial charge in [-0.25, -0.2) is 0 Å². The summed E-state index contributed by atoms with van der Waals surface area (Å²) in [6, 6.07) is 15.4. The van der Waals surface area contributed by atoms with Gasteiger partial charge in [-0.15, -0.1) is 0 Å². The van der Waals surface area contributed by atoms with Crippen LogP contribution in [0.3, 0.4) is 0 Å². The van der Waals surface area contributed by atoms with Crippen molar-refractivity contribution in [1.82, 2.24) is 4.90 Å². The monoisotopic (exact) mass is 360 g/mol. The lowest BCUT2D eigenvalue weighted by Gasteiger charge is -2.07. The molecule has 0 saturated heterocycles. The first kappa shape index (κ1) is 23.3. The molecule has 2 aromatic carbocycles. The van der Waals surface area contributed by atoms with Crippen molar-refractivity contribution in [3.05, 3.63) is 60.9 Å². The molecule has 26 heavy (non-hydrogen) atoms. The average Bonchev–Trinajstić information content (AvgIpc) is 2.70. The van der Waals surface area contributed by atoms with Crippen molar-refractivity contribution in [3.63, 3.8) is 0 Å². The number of nitrogens with two attached hydrogens (primary N) is 3. The van der Waals surface area contributed by atoms with Gasteiger partial charge in [-0.3, -0.25) is 0 Å². The quantitative estimate of drug-likeness (QED) is 0.469. The number of nitrogens with one attached hydrogen (secondary N) is 1. The Bertz CT molecular complexity index is 597. The van der Waals surface area contributed by atoms with Crippen molar-refractivity contribution in [2.45, 2.75) is 13.8 Å².